The van der Waals surface area contributed by atoms with Gasteiger partial charge in [-0.3, -0.25) is 0 Å². The Hall–Kier alpha value is -4.24. The average Bonchev–Trinajstić information content (AvgIpc) is 4.01. The molecule has 0 spiro atoms. The normalized spacial score (nSPS) is 15.2. The summed E-state index contributed by atoms with van der Waals surface area (Å²) in [6.07, 6.45) is 23.5. The van der Waals surface area contributed by atoms with Gasteiger partial charge in [0.05, 0.1) is 12.7 Å². The molecule has 2 aliphatic rings. The molecule has 2 aromatic heterocycles. The predicted octanol–water partition coefficient (Wildman–Crippen LogP) is 13.0. The number of aromatic nitrogens is 4. The molecule has 2 atom stereocenters. The van der Waals surface area contributed by atoms with E-state index in [0.29, 0.717) is 25.2 Å². The Morgan fingerprint density at radius 3 is 1.11 bits per heavy atom. The fourth-order valence-electron chi connectivity index (χ4n) is 6.58. The van der Waals surface area contributed by atoms with E-state index >= 15 is 0 Å². The minimum atomic E-state index is -0.143. The van der Waals surface area contributed by atoms with E-state index in [4.69, 9.17) is 21.3 Å². The molecule has 6 aromatic rings. The van der Waals surface area contributed by atoms with Gasteiger partial charge in [0.1, 0.15) is 0 Å². The van der Waals surface area contributed by atoms with Crippen molar-refractivity contribution in [1.29, 1.82) is 0 Å². The van der Waals surface area contributed by atoms with Crippen LogP contribution in [-0.2, 0) is 39.3 Å². The number of rotatable bonds is 12. The molecular formula is C48H58N8Zr-6. The number of hydrogen-bond acceptors (Lipinski definition) is 2. The molecule has 9 heteroatoms. The molecule has 2 aliphatic carbocycles. The molecule has 0 amide bonds. The van der Waals surface area contributed by atoms with Gasteiger partial charge in [-0.15, -0.1) is 49.4 Å². The number of nitrogens with zero attached hydrogens (tertiary/aromatic N) is 8. The molecule has 0 saturated heterocycles. The third kappa shape index (κ3) is 18.3. The van der Waals surface area contributed by atoms with Crippen LogP contribution in [-0.4, -0.2) is 31.2 Å². The largest absolute Gasteiger partial charge is 0.658 e. The Bertz CT molecular complexity index is 1640. The van der Waals surface area contributed by atoms with Gasteiger partial charge >= 0.3 is 0 Å². The van der Waals surface area contributed by atoms with Crippen molar-refractivity contribution in [3.8, 4) is 0 Å². The summed E-state index contributed by atoms with van der Waals surface area (Å²) in [7, 11) is 0. The van der Waals surface area contributed by atoms with Crippen molar-refractivity contribution in [2.45, 2.75) is 102 Å². The second-order valence-corrected chi connectivity index (χ2v) is 14.2. The van der Waals surface area contributed by atoms with Crippen molar-refractivity contribution in [3.63, 3.8) is 0 Å². The van der Waals surface area contributed by atoms with Crippen molar-refractivity contribution in [3.05, 3.63) is 216 Å². The van der Waals surface area contributed by atoms with Gasteiger partial charge in [0.15, 0.2) is 0 Å². The van der Waals surface area contributed by atoms with Gasteiger partial charge in [0.25, 0.3) is 0 Å². The summed E-state index contributed by atoms with van der Waals surface area (Å²) in [5.41, 5.74) is 4.59. The van der Waals surface area contributed by atoms with Crippen LogP contribution in [0.25, 0.3) is 21.3 Å². The molecular weight excluding hydrogens is 780 g/mol. The fourth-order valence-corrected chi connectivity index (χ4v) is 6.58. The topological polar surface area (TPSA) is 92.0 Å². The van der Waals surface area contributed by atoms with Crippen LogP contribution in [0.3, 0.4) is 0 Å². The van der Waals surface area contributed by atoms with Crippen LogP contribution >= 0.6 is 0 Å². The van der Waals surface area contributed by atoms with Crippen LogP contribution in [0.15, 0.2) is 159 Å². The molecule has 4 aromatic carbocycles. The molecule has 8 nitrogen and oxygen atoms in total. The summed E-state index contributed by atoms with van der Waals surface area (Å²) < 4.78 is 4.00. The monoisotopic (exact) mass is 836 g/mol. The number of benzene rings is 4. The fraction of sp³-hybridized carbons (Fsp3) is 0.333. The SMILES string of the molecule is [CH2-]c1ccccc1.[CH2-]c1ccccc1.[Zr].c1ccc(C[N-]C([N-]C2CCCCC2)n2ccnc2)cc1.c1ccc(C[N-]C([N-]C2CCCCC2)n2ccnc2)cc1. The van der Waals surface area contributed by atoms with Crippen molar-refractivity contribution in [1.82, 2.24) is 19.1 Å². The second kappa shape index (κ2) is 27.4. The van der Waals surface area contributed by atoms with Gasteiger partial charge < -0.3 is 30.4 Å². The molecule has 2 unspecified atom stereocenters. The first-order valence-corrected chi connectivity index (χ1v) is 20.1. The maximum atomic E-state index is 4.95. The van der Waals surface area contributed by atoms with Crippen molar-refractivity contribution >= 4 is 0 Å². The molecule has 8 rings (SSSR count). The van der Waals surface area contributed by atoms with E-state index in [1.165, 1.54) is 75.3 Å². The van der Waals surface area contributed by atoms with Gasteiger partial charge in [-0.2, -0.15) is 61.8 Å². The smallest absolute Gasteiger partial charge is 0.0916 e. The van der Waals surface area contributed by atoms with Gasteiger partial charge in [0.2, 0.25) is 0 Å². The molecule has 0 radical (unpaired) electrons. The third-order valence-electron chi connectivity index (χ3n) is 9.67. The Morgan fingerprint density at radius 2 is 0.825 bits per heavy atom. The van der Waals surface area contributed by atoms with Crippen molar-refractivity contribution in [2.24, 2.45) is 0 Å². The van der Waals surface area contributed by atoms with Crippen LogP contribution in [0, 0.1) is 13.8 Å². The zero-order valence-corrected chi connectivity index (χ0v) is 35.8. The first-order valence-electron chi connectivity index (χ1n) is 20.1. The first kappa shape index (κ1) is 45.5. The van der Waals surface area contributed by atoms with Crippen LogP contribution in [0.1, 0.15) is 99.0 Å². The Kier molecular flexibility index (Phi) is 21.9. The van der Waals surface area contributed by atoms with E-state index in [1.54, 1.807) is 12.4 Å². The van der Waals surface area contributed by atoms with Crippen molar-refractivity contribution < 1.29 is 26.2 Å². The summed E-state index contributed by atoms with van der Waals surface area (Å²) in [5.74, 6) is 0. The maximum Gasteiger partial charge on any atom is 0.0916 e. The summed E-state index contributed by atoms with van der Waals surface area (Å²) in [6, 6.07) is 41.3. The van der Waals surface area contributed by atoms with Crippen LogP contribution < -0.4 is 0 Å². The Morgan fingerprint density at radius 1 is 0.491 bits per heavy atom. The maximum absolute atomic E-state index is 4.95. The molecule has 57 heavy (non-hydrogen) atoms. The molecule has 2 fully saturated rings. The van der Waals surface area contributed by atoms with E-state index in [-0.39, 0.29) is 38.8 Å². The average molecular weight is 838 g/mol. The number of imidazole rings is 2. The predicted molar refractivity (Wildman–Crippen MR) is 232 cm³/mol. The zero-order chi connectivity index (χ0) is 38.9. The Balaban J connectivity index is 0.000000187. The van der Waals surface area contributed by atoms with E-state index in [1.807, 2.05) is 107 Å². The Labute approximate surface area is 361 Å². The standard InChI is InChI=1S/2C17H22N4.2C7H7.Zr/c2*1-3-7-15(8-4-1)13-19-17(21-12-11-18-14-21)20-16-9-5-2-6-10-16;2*1-7-5-3-2-4-6-7;/h2*1,3-4,7-8,11-12,14,16-17H,2,5-6,9-10,13H2;2*2-6H,1H2;/q2*-2;2*-1;. The zero-order valence-electron chi connectivity index (χ0n) is 33.3. The molecule has 0 N–H and O–H groups in total. The minimum Gasteiger partial charge on any atom is -0.658 e. The summed E-state index contributed by atoms with van der Waals surface area (Å²) in [4.78, 5) is 8.27. The van der Waals surface area contributed by atoms with Gasteiger partial charge in [-0.05, 0) is 0 Å². The molecule has 0 bridgehead atoms. The van der Waals surface area contributed by atoms with Gasteiger partial charge in [-0.1, -0.05) is 148 Å². The van der Waals surface area contributed by atoms with E-state index < -0.39 is 0 Å². The number of hydrogen-bond donors (Lipinski definition) is 0. The molecule has 0 aliphatic heterocycles. The first-order chi connectivity index (χ1) is 27.6. The second-order valence-electron chi connectivity index (χ2n) is 14.2. The van der Waals surface area contributed by atoms with Crippen LogP contribution in [0.2, 0.25) is 0 Å². The van der Waals surface area contributed by atoms with Gasteiger partial charge in [-0.25, -0.2) is 9.97 Å². The van der Waals surface area contributed by atoms with Gasteiger partial charge in [0, 0.05) is 51.0 Å². The molecule has 2 heterocycles. The summed E-state index contributed by atoms with van der Waals surface area (Å²) >= 11 is 0. The molecule has 300 valence electrons. The summed E-state index contributed by atoms with van der Waals surface area (Å²) in [5, 5.41) is 19.5. The van der Waals surface area contributed by atoms with Crippen LogP contribution in [0.5, 0.6) is 0 Å². The van der Waals surface area contributed by atoms with E-state index in [9.17, 15) is 0 Å². The van der Waals surface area contributed by atoms with Crippen LogP contribution in [0.4, 0.5) is 0 Å². The van der Waals surface area contributed by atoms with Crippen molar-refractivity contribution in [2.75, 3.05) is 0 Å². The summed E-state index contributed by atoms with van der Waals surface area (Å²) in [6.45, 7) is 8.83. The quantitative estimate of drug-likeness (QED) is 0.115. The minimum absolute atomic E-state index is 0. The van der Waals surface area contributed by atoms with E-state index in [2.05, 4.69) is 72.3 Å². The molecule has 2 saturated carbocycles. The van der Waals surface area contributed by atoms with E-state index in [0.717, 1.165) is 11.1 Å². The third-order valence-corrected chi connectivity index (χ3v) is 9.67.